The van der Waals surface area contributed by atoms with Crippen molar-refractivity contribution in [1.29, 1.82) is 0 Å². The van der Waals surface area contributed by atoms with Gasteiger partial charge in [0.1, 0.15) is 5.78 Å². The molecule has 0 spiro atoms. The van der Waals surface area contributed by atoms with Gasteiger partial charge in [-0.05, 0) is 19.8 Å². The van der Waals surface area contributed by atoms with E-state index in [4.69, 9.17) is 14.6 Å². The Morgan fingerprint density at radius 2 is 2.00 bits per heavy atom. The lowest BCUT2D eigenvalue weighted by molar-refractivity contribution is -0.121. The van der Waals surface area contributed by atoms with Gasteiger partial charge >= 0.3 is 0 Å². The average Bonchev–Trinajstić information content (AvgIpc) is 2.15. The Kier molecular flexibility index (Phi) is 8.83. The number of rotatable bonds is 9. The summed E-state index contributed by atoms with van der Waals surface area (Å²) in [4.78, 5) is 11.1. The first-order chi connectivity index (χ1) is 6.72. The SMILES string of the molecule is COCCOCCC(CCO)C(C)=O. The molecule has 14 heavy (non-hydrogen) atoms. The molecule has 0 radical (unpaired) electrons. The van der Waals surface area contributed by atoms with Crippen LogP contribution in [0.2, 0.25) is 0 Å². The number of aliphatic hydroxyl groups excluding tert-OH is 1. The van der Waals surface area contributed by atoms with Crippen LogP contribution in [0.4, 0.5) is 0 Å². The van der Waals surface area contributed by atoms with Crippen LogP contribution < -0.4 is 0 Å². The zero-order valence-corrected chi connectivity index (χ0v) is 8.99. The molecule has 0 aromatic heterocycles. The van der Waals surface area contributed by atoms with Crippen LogP contribution in [0.25, 0.3) is 0 Å². The van der Waals surface area contributed by atoms with E-state index < -0.39 is 0 Å². The molecular formula is C10H20O4. The average molecular weight is 204 g/mol. The summed E-state index contributed by atoms with van der Waals surface area (Å²) in [6.07, 6.45) is 1.21. The summed E-state index contributed by atoms with van der Waals surface area (Å²) in [5, 5.41) is 8.71. The molecule has 0 aliphatic carbocycles. The Morgan fingerprint density at radius 1 is 1.29 bits per heavy atom. The summed E-state index contributed by atoms with van der Waals surface area (Å²) in [7, 11) is 1.62. The molecule has 0 aromatic carbocycles. The van der Waals surface area contributed by atoms with Crippen LogP contribution >= 0.6 is 0 Å². The number of ether oxygens (including phenoxy) is 2. The molecular weight excluding hydrogens is 184 g/mol. The number of carbonyl (C=O) groups excluding carboxylic acids is 1. The Hall–Kier alpha value is -0.450. The number of ketones is 1. The van der Waals surface area contributed by atoms with Crippen LogP contribution in [-0.2, 0) is 14.3 Å². The van der Waals surface area contributed by atoms with Crippen LogP contribution in [0, 0.1) is 5.92 Å². The standard InChI is InChI=1S/C10H20O4/c1-9(12)10(3-5-11)4-6-14-8-7-13-2/h10-11H,3-8H2,1-2H3. The molecule has 1 atom stereocenters. The topological polar surface area (TPSA) is 55.8 Å². The Balaban J connectivity index is 3.46. The number of methoxy groups -OCH3 is 1. The second kappa shape index (κ2) is 9.12. The fraction of sp³-hybridized carbons (Fsp3) is 0.900. The molecule has 1 unspecified atom stereocenters. The van der Waals surface area contributed by atoms with E-state index in [9.17, 15) is 4.79 Å². The molecule has 0 saturated carbocycles. The molecule has 0 aliphatic rings. The molecule has 0 bridgehead atoms. The van der Waals surface area contributed by atoms with Crippen molar-refractivity contribution in [2.24, 2.45) is 5.92 Å². The van der Waals surface area contributed by atoms with E-state index in [-0.39, 0.29) is 18.3 Å². The van der Waals surface area contributed by atoms with Gasteiger partial charge in [0.15, 0.2) is 0 Å². The van der Waals surface area contributed by atoms with Crippen molar-refractivity contribution in [3.63, 3.8) is 0 Å². The zero-order chi connectivity index (χ0) is 10.8. The monoisotopic (exact) mass is 204 g/mol. The summed E-state index contributed by atoms with van der Waals surface area (Å²) in [6.45, 7) is 3.29. The van der Waals surface area contributed by atoms with Gasteiger partial charge in [-0.1, -0.05) is 0 Å². The third kappa shape index (κ3) is 7.00. The predicted octanol–water partition coefficient (Wildman–Crippen LogP) is 0.627. The van der Waals surface area contributed by atoms with Gasteiger partial charge in [0.25, 0.3) is 0 Å². The fourth-order valence-electron chi connectivity index (χ4n) is 1.18. The first-order valence-corrected chi connectivity index (χ1v) is 4.90. The highest BCUT2D eigenvalue weighted by molar-refractivity contribution is 5.78. The Morgan fingerprint density at radius 3 is 2.50 bits per heavy atom. The molecule has 0 heterocycles. The fourth-order valence-corrected chi connectivity index (χ4v) is 1.18. The van der Waals surface area contributed by atoms with Gasteiger partial charge in [0.2, 0.25) is 0 Å². The van der Waals surface area contributed by atoms with Gasteiger partial charge in [0.05, 0.1) is 13.2 Å². The zero-order valence-electron chi connectivity index (χ0n) is 8.99. The van der Waals surface area contributed by atoms with Crippen molar-refractivity contribution in [3.05, 3.63) is 0 Å². The van der Waals surface area contributed by atoms with Crippen molar-refractivity contribution in [2.45, 2.75) is 19.8 Å². The van der Waals surface area contributed by atoms with Crippen molar-refractivity contribution in [1.82, 2.24) is 0 Å². The predicted molar refractivity (Wildman–Crippen MR) is 53.2 cm³/mol. The molecule has 1 N–H and O–H groups in total. The lowest BCUT2D eigenvalue weighted by Gasteiger charge is -2.11. The highest BCUT2D eigenvalue weighted by atomic mass is 16.5. The second-order valence-electron chi connectivity index (χ2n) is 3.21. The van der Waals surface area contributed by atoms with Crippen molar-refractivity contribution < 1.29 is 19.4 Å². The van der Waals surface area contributed by atoms with E-state index in [1.165, 1.54) is 0 Å². The van der Waals surface area contributed by atoms with Gasteiger partial charge in [-0.15, -0.1) is 0 Å². The second-order valence-corrected chi connectivity index (χ2v) is 3.21. The van der Waals surface area contributed by atoms with Crippen LogP contribution in [0.5, 0.6) is 0 Å². The smallest absolute Gasteiger partial charge is 0.133 e. The number of hydrogen-bond acceptors (Lipinski definition) is 4. The van der Waals surface area contributed by atoms with Crippen molar-refractivity contribution in [3.8, 4) is 0 Å². The minimum absolute atomic E-state index is 0.0579. The summed E-state index contributed by atoms with van der Waals surface area (Å²) >= 11 is 0. The van der Waals surface area contributed by atoms with Gasteiger partial charge in [-0.3, -0.25) is 4.79 Å². The first-order valence-electron chi connectivity index (χ1n) is 4.90. The van der Waals surface area contributed by atoms with E-state index in [1.54, 1.807) is 14.0 Å². The molecule has 0 aliphatic heterocycles. The number of hydrogen-bond donors (Lipinski definition) is 1. The van der Waals surface area contributed by atoms with E-state index in [0.29, 0.717) is 32.7 Å². The molecule has 0 amide bonds. The third-order valence-corrected chi connectivity index (χ3v) is 2.09. The number of Topliss-reactive ketones (excluding diaryl/α,β-unsaturated/α-hetero) is 1. The van der Waals surface area contributed by atoms with Crippen LogP contribution in [0.1, 0.15) is 19.8 Å². The summed E-state index contributed by atoms with van der Waals surface area (Å²) < 4.78 is 10.1. The van der Waals surface area contributed by atoms with E-state index >= 15 is 0 Å². The van der Waals surface area contributed by atoms with Crippen molar-refractivity contribution in [2.75, 3.05) is 33.5 Å². The minimum Gasteiger partial charge on any atom is -0.396 e. The maximum Gasteiger partial charge on any atom is 0.133 e. The summed E-state index contributed by atoms with van der Waals surface area (Å²) in [5.74, 6) is 0.0527. The lowest BCUT2D eigenvalue weighted by atomic mass is 9.98. The van der Waals surface area contributed by atoms with Crippen molar-refractivity contribution >= 4 is 5.78 Å². The molecule has 0 rings (SSSR count). The molecule has 0 saturated heterocycles. The highest BCUT2D eigenvalue weighted by Crippen LogP contribution is 2.09. The van der Waals surface area contributed by atoms with Crippen LogP contribution in [0.15, 0.2) is 0 Å². The minimum atomic E-state index is -0.0671. The summed E-state index contributed by atoms with van der Waals surface area (Å²) in [5.41, 5.74) is 0. The quantitative estimate of drug-likeness (QED) is 0.560. The van der Waals surface area contributed by atoms with E-state index in [2.05, 4.69) is 0 Å². The van der Waals surface area contributed by atoms with Gasteiger partial charge in [-0.25, -0.2) is 0 Å². The van der Waals surface area contributed by atoms with Gasteiger partial charge in [0, 0.05) is 26.2 Å². The van der Waals surface area contributed by atoms with Gasteiger partial charge in [-0.2, -0.15) is 0 Å². The van der Waals surface area contributed by atoms with E-state index in [1.807, 2.05) is 0 Å². The molecule has 0 aromatic rings. The maximum absolute atomic E-state index is 11.1. The Labute approximate surface area is 85.2 Å². The van der Waals surface area contributed by atoms with E-state index in [0.717, 1.165) is 0 Å². The molecule has 4 nitrogen and oxygen atoms in total. The largest absolute Gasteiger partial charge is 0.396 e. The molecule has 0 fully saturated rings. The maximum atomic E-state index is 11.1. The highest BCUT2D eigenvalue weighted by Gasteiger charge is 2.12. The Bertz CT molecular complexity index is 147. The van der Waals surface area contributed by atoms with Crippen LogP contribution in [0.3, 0.4) is 0 Å². The lowest BCUT2D eigenvalue weighted by Crippen LogP contribution is -2.16. The van der Waals surface area contributed by atoms with Crippen LogP contribution in [-0.4, -0.2) is 44.4 Å². The number of carbonyl (C=O) groups is 1. The summed E-state index contributed by atoms with van der Waals surface area (Å²) in [6, 6.07) is 0. The number of aliphatic hydroxyl groups is 1. The van der Waals surface area contributed by atoms with Gasteiger partial charge < -0.3 is 14.6 Å². The normalized spacial score (nSPS) is 12.8. The third-order valence-electron chi connectivity index (χ3n) is 2.09. The molecule has 4 heteroatoms. The first kappa shape index (κ1) is 13.5. The molecule has 84 valence electrons.